The molecule has 1 aromatic carbocycles. The third kappa shape index (κ3) is 1.42. The molecule has 0 radical (unpaired) electrons. The minimum atomic E-state index is -1.62. The molecule has 0 aromatic heterocycles. The summed E-state index contributed by atoms with van der Waals surface area (Å²) >= 11 is 5.84. The molecule has 0 saturated carbocycles. The molecule has 5 heteroatoms. The van der Waals surface area contributed by atoms with E-state index in [0.717, 1.165) is 0 Å². The molecule has 0 bridgehead atoms. The summed E-state index contributed by atoms with van der Waals surface area (Å²) in [4.78, 5) is 35.7. The standard InChI is InChI=1S/C13H9ClO4/c14-8-2-1-7-6-13(12(17)9(7)5-8)10(15)3-4-11(16)18-13/h1-2,5H,3-4,6H2/t13-/m0/s1. The Hall–Kier alpha value is -1.68. The maximum absolute atomic E-state index is 12.3. The maximum atomic E-state index is 12.3. The molecule has 1 atom stereocenters. The average molecular weight is 265 g/mol. The van der Waals surface area contributed by atoms with Crippen molar-refractivity contribution in [3.63, 3.8) is 0 Å². The minimum Gasteiger partial charge on any atom is -0.442 e. The molecule has 18 heavy (non-hydrogen) atoms. The van der Waals surface area contributed by atoms with Crippen molar-refractivity contribution < 1.29 is 19.1 Å². The van der Waals surface area contributed by atoms with Crippen LogP contribution in [0.3, 0.4) is 0 Å². The third-order valence-electron chi connectivity index (χ3n) is 3.42. The Bertz CT molecular complexity index is 593. The summed E-state index contributed by atoms with van der Waals surface area (Å²) in [6.07, 6.45) is 0.236. The first-order valence-electron chi connectivity index (χ1n) is 5.61. The van der Waals surface area contributed by atoms with Crippen molar-refractivity contribution in [3.05, 3.63) is 34.3 Å². The zero-order valence-electron chi connectivity index (χ0n) is 9.36. The van der Waals surface area contributed by atoms with Gasteiger partial charge in [-0.05, 0) is 17.7 Å². The van der Waals surface area contributed by atoms with E-state index in [2.05, 4.69) is 0 Å². The molecule has 3 rings (SSSR count). The molecule has 1 fully saturated rings. The lowest BCUT2D eigenvalue weighted by Crippen LogP contribution is -2.51. The molecule has 1 aliphatic heterocycles. The molecule has 1 heterocycles. The van der Waals surface area contributed by atoms with Gasteiger partial charge in [-0.15, -0.1) is 0 Å². The number of hydrogen-bond acceptors (Lipinski definition) is 4. The Morgan fingerprint density at radius 2 is 1.94 bits per heavy atom. The summed E-state index contributed by atoms with van der Waals surface area (Å²) in [6, 6.07) is 4.87. The molecule has 1 saturated heterocycles. The number of esters is 1. The molecule has 1 aromatic rings. The van der Waals surface area contributed by atoms with Gasteiger partial charge in [-0.3, -0.25) is 14.4 Å². The van der Waals surface area contributed by atoms with Gasteiger partial charge in [0.2, 0.25) is 11.4 Å². The van der Waals surface area contributed by atoms with Crippen molar-refractivity contribution in [1.82, 2.24) is 0 Å². The zero-order chi connectivity index (χ0) is 12.9. The second-order valence-electron chi connectivity index (χ2n) is 4.53. The van der Waals surface area contributed by atoms with Crippen LogP contribution < -0.4 is 0 Å². The molecular formula is C13H9ClO4. The van der Waals surface area contributed by atoms with Crippen molar-refractivity contribution in [2.24, 2.45) is 0 Å². The highest BCUT2D eigenvalue weighted by atomic mass is 35.5. The van der Waals surface area contributed by atoms with Gasteiger partial charge in [-0.1, -0.05) is 17.7 Å². The van der Waals surface area contributed by atoms with E-state index in [1.165, 1.54) is 6.07 Å². The van der Waals surface area contributed by atoms with Crippen molar-refractivity contribution in [1.29, 1.82) is 0 Å². The Labute approximate surface area is 108 Å². The van der Waals surface area contributed by atoms with Crippen molar-refractivity contribution in [3.8, 4) is 0 Å². The Morgan fingerprint density at radius 3 is 2.72 bits per heavy atom. The number of Topliss-reactive ketones (excluding diaryl/α,β-unsaturated/α-hetero) is 2. The fourth-order valence-electron chi connectivity index (χ4n) is 2.51. The Kier molecular flexibility index (Phi) is 2.32. The van der Waals surface area contributed by atoms with Gasteiger partial charge in [-0.25, -0.2) is 0 Å². The van der Waals surface area contributed by atoms with Crippen molar-refractivity contribution in [2.75, 3.05) is 0 Å². The number of carbonyl (C=O) groups excluding carboxylic acids is 3. The van der Waals surface area contributed by atoms with Gasteiger partial charge in [-0.2, -0.15) is 0 Å². The fourth-order valence-corrected chi connectivity index (χ4v) is 2.68. The summed E-state index contributed by atoms with van der Waals surface area (Å²) < 4.78 is 5.10. The number of halogens is 1. The van der Waals surface area contributed by atoms with Crippen LogP contribution in [0.1, 0.15) is 28.8 Å². The number of hydrogen-bond donors (Lipinski definition) is 0. The monoisotopic (exact) mass is 264 g/mol. The second-order valence-corrected chi connectivity index (χ2v) is 4.97. The van der Waals surface area contributed by atoms with Crippen LogP contribution in [0, 0.1) is 0 Å². The van der Waals surface area contributed by atoms with Gasteiger partial charge in [0.25, 0.3) is 0 Å². The van der Waals surface area contributed by atoms with Crippen LogP contribution in [0.4, 0.5) is 0 Å². The lowest BCUT2D eigenvalue weighted by molar-refractivity contribution is -0.168. The van der Waals surface area contributed by atoms with E-state index in [4.69, 9.17) is 16.3 Å². The molecule has 92 valence electrons. The average Bonchev–Trinajstić information content (AvgIpc) is 2.60. The van der Waals surface area contributed by atoms with E-state index in [1.54, 1.807) is 12.1 Å². The quantitative estimate of drug-likeness (QED) is 0.529. The molecule has 4 nitrogen and oxygen atoms in total. The summed E-state index contributed by atoms with van der Waals surface area (Å²) in [7, 11) is 0. The van der Waals surface area contributed by atoms with Crippen LogP contribution in [0.25, 0.3) is 0 Å². The molecule has 0 N–H and O–H groups in total. The van der Waals surface area contributed by atoms with Crippen molar-refractivity contribution in [2.45, 2.75) is 24.9 Å². The topological polar surface area (TPSA) is 60.4 Å². The lowest BCUT2D eigenvalue weighted by Gasteiger charge is -2.29. The Balaban J connectivity index is 2.10. The van der Waals surface area contributed by atoms with Gasteiger partial charge in [0.1, 0.15) is 0 Å². The van der Waals surface area contributed by atoms with Crippen LogP contribution in [-0.4, -0.2) is 23.1 Å². The van der Waals surface area contributed by atoms with Gasteiger partial charge in [0.05, 0.1) is 6.42 Å². The largest absolute Gasteiger partial charge is 0.442 e. The number of carbonyl (C=O) groups is 3. The van der Waals surface area contributed by atoms with Gasteiger partial charge in [0, 0.05) is 23.4 Å². The summed E-state index contributed by atoms with van der Waals surface area (Å²) in [6.45, 7) is 0. The predicted octanol–water partition coefficient (Wildman–Crippen LogP) is 1.72. The Morgan fingerprint density at radius 1 is 1.17 bits per heavy atom. The van der Waals surface area contributed by atoms with E-state index >= 15 is 0 Å². The smallest absolute Gasteiger partial charge is 0.307 e. The molecule has 0 amide bonds. The molecule has 2 aliphatic rings. The summed E-state index contributed by atoms with van der Waals surface area (Å²) in [5.41, 5.74) is -0.541. The van der Waals surface area contributed by atoms with E-state index in [-0.39, 0.29) is 25.0 Å². The highest BCUT2D eigenvalue weighted by molar-refractivity contribution is 6.31. The van der Waals surface area contributed by atoms with Crippen LogP contribution in [-0.2, 0) is 20.7 Å². The normalized spacial score (nSPS) is 26.4. The first-order valence-corrected chi connectivity index (χ1v) is 5.99. The second kappa shape index (κ2) is 3.65. The first-order chi connectivity index (χ1) is 8.53. The van der Waals surface area contributed by atoms with Gasteiger partial charge >= 0.3 is 5.97 Å². The number of benzene rings is 1. The van der Waals surface area contributed by atoms with Crippen LogP contribution in [0.2, 0.25) is 5.02 Å². The number of ketones is 2. The highest BCUT2D eigenvalue weighted by Crippen LogP contribution is 2.38. The molecule has 1 spiro atoms. The number of rotatable bonds is 0. The lowest BCUT2D eigenvalue weighted by atomic mass is 9.88. The number of fused-ring (bicyclic) bond motifs is 1. The predicted molar refractivity (Wildman–Crippen MR) is 62.6 cm³/mol. The van der Waals surface area contributed by atoms with E-state index in [0.29, 0.717) is 16.1 Å². The van der Waals surface area contributed by atoms with Crippen LogP contribution in [0.5, 0.6) is 0 Å². The third-order valence-corrected chi connectivity index (χ3v) is 3.65. The van der Waals surface area contributed by atoms with Crippen molar-refractivity contribution >= 4 is 29.1 Å². The molecular weight excluding hydrogens is 256 g/mol. The van der Waals surface area contributed by atoms with Crippen LogP contribution in [0.15, 0.2) is 18.2 Å². The van der Waals surface area contributed by atoms with E-state index in [9.17, 15) is 14.4 Å². The minimum absolute atomic E-state index is 0.0466. The van der Waals surface area contributed by atoms with E-state index in [1.807, 2.05) is 0 Å². The summed E-state index contributed by atoms with van der Waals surface area (Å²) in [5, 5.41) is 0.425. The zero-order valence-corrected chi connectivity index (χ0v) is 10.1. The SMILES string of the molecule is O=C1CCC(=O)[C@]2(Cc3ccc(Cl)cc3C2=O)O1. The van der Waals surface area contributed by atoms with Crippen LogP contribution >= 0.6 is 11.6 Å². The first kappa shape index (κ1) is 11.4. The molecule has 0 unspecified atom stereocenters. The number of ether oxygens (including phenoxy) is 1. The van der Waals surface area contributed by atoms with Gasteiger partial charge < -0.3 is 4.74 Å². The van der Waals surface area contributed by atoms with Gasteiger partial charge in [0.15, 0.2) is 5.78 Å². The fraction of sp³-hybridized carbons (Fsp3) is 0.308. The molecule has 1 aliphatic carbocycles. The highest BCUT2D eigenvalue weighted by Gasteiger charge is 2.56. The van der Waals surface area contributed by atoms with E-state index < -0.39 is 17.4 Å². The summed E-state index contributed by atoms with van der Waals surface area (Å²) in [5.74, 6) is -1.26. The maximum Gasteiger partial charge on any atom is 0.307 e.